The van der Waals surface area contributed by atoms with Crippen molar-refractivity contribution in [3.8, 4) is 5.75 Å². The molecule has 0 bridgehead atoms. The zero-order valence-electron chi connectivity index (χ0n) is 12.0. The molecule has 0 radical (unpaired) electrons. The number of hydrogen-bond donors (Lipinski definition) is 2. The summed E-state index contributed by atoms with van der Waals surface area (Å²) in [6.45, 7) is 1.59. The number of carbonyl (C=O) groups excluding carboxylic acids is 1. The van der Waals surface area contributed by atoms with Gasteiger partial charge in [-0.05, 0) is 25.1 Å². The molecule has 1 unspecified atom stereocenters. The molecule has 0 saturated carbocycles. The van der Waals surface area contributed by atoms with E-state index in [0.29, 0.717) is 16.4 Å². The van der Waals surface area contributed by atoms with Gasteiger partial charge in [-0.25, -0.2) is 0 Å². The normalized spacial score (nSPS) is 10.9. The second-order valence-corrected chi connectivity index (χ2v) is 6.75. The highest BCUT2D eigenvalue weighted by Crippen LogP contribution is 2.29. The number of rotatable bonds is 3. The van der Waals surface area contributed by atoms with E-state index in [4.69, 9.17) is 28.9 Å². The number of amides is 1. The summed E-state index contributed by atoms with van der Waals surface area (Å²) in [7, 11) is -2.16. The number of aromatic hydroxyl groups is 1. The van der Waals surface area contributed by atoms with Crippen molar-refractivity contribution in [2.45, 2.75) is 6.92 Å². The predicted octanol–water partition coefficient (Wildman–Crippen LogP) is 2.52. The maximum Gasteiger partial charge on any atom is 0.249 e. The van der Waals surface area contributed by atoms with Gasteiger partial charge in [0.15, 0.2) is 5.30 Å². The van der Waals surface area contributed by atoms with Gasteiger partial charge in [-0.3, -0.25) is 4.79 Å². The zero-order chi connectivity index (χ0) is 17.1. The lowest BCUT2D eigenvalue weighted by molar-refractivity contribution is -0.149. The van der Waals surface area contributed by atoms with Crippen LogP contribution in [0.1, 0.15) is 21.5 Å². The molecule has 0 saturated heterocycles. The third kappa shape index (κ3) is 3.76. The van der Waals surface area contributed by atoms with E-state index < -0.39 is 13.7 Å². The smallest absolute Gasteiger partial charge is 0.249 e. The molecule has 1 atom stereocenters. The fourth-order valence-corrected chi connectivity index (χ4v) is 3.61. The molecule has 0 aromatic heterocycles. The van der Waals surface area contributed by atoms with Crippen molar-refractivity contribution in [3.05, 3.63) is 58.1 Å². The molecular formula is C16H12Cl2NO3P. The number of benzene rings is 2. The van der Waals surface area contributed by atoms with Gasteiger partial charge in [0, 0.05) is 16.7 Å². The Kier molecular flexibility index (Phi) is 5.48. The first-order chi connectivity index (χ1) is 10.8. The van der Waals surface area contributed by atoms with Crippen LogP contribution in [0.4, 0.5) is 0 Å². The van der Waals surface area contributed by atoms with Gasteiger partial charge in [-0.15, -0.1) is 0 Å². The molecule has 3 N–H and O–H groups in total. The highest BCUT2D eigenvalue weighted by molar-refractivity contribution is 7.58. The van der Waals surface area contributed by atoms with Crippen LogP contribution in [0.25, 0.3) is 5.03 Å². The molecule has 2 aromatic carbocycles. The van der Waals surface area contributed by atoms with Crippen LogP contribution >= 0.6 is 31.0 Å². The molecule has 7 heteroatoms. The molecule has 0 aliphatic carbocycles. The van der Waals surface area contributed by atoms with E-state index >= 15 is 0 Å². The van der Waals surface area contributed by atoms with Crippen LogP contribution in [-0.4, -0.2) is 16.5 Å². The Bertz CT molecular complexity index is 858. The molecule has 4 nitrogen and oxygen atoms in total. The molecule has 118 valence electrons. The first kappa shape index (κ1) is 17.6. The highest BCUT2D eigenvalue weighted by Gasteiger charge is 2.16. The second-order valence-electron chi connectivity index (χ2n) is 4.67. The number of phenols is 1. The third-order valence-corrected chi connectivity index (χ3v) is 5.28. The quantitative estimate of drug-likeness (QED) is 0.817. The van der Waals surface area contributed by atoms with E-state index in [1.165, 1.54) is 18.2 Å². The van der Waals surface area contributed by atoms with Crippen molar-refractivity contribution in [2.75, 3.05) is 0 Å². The van der Waals surface area contributed by atoms with Crippen LogP contribution in [-0.2, 0) is 0 Å². The lowest BCUT2D eigenvalue weighted by Gasteiger charge is -2.05. The minimum atomic E-state index is -2.16. The minimum absolute atomic E-state index is 0.0225. The summed E-state index contributed by atoms with van der Waals surface area (Å²) in [4.78, 5) is 23.9. The number of carbonyl (C=O) groups is 1. The van der Waals surface area contributed by atoms with E-state index in [2.05, 4.69) is 5.45 Å². The number of halogens is 2. The average Bonchev–Trinajstić information content (AvgIpc) is 2.52. The van der Waals surface area contributed by atoms with Crippen LogP contribution in [0.3, 0.4) is 0 Å². The Morgan fingerprint density at radius 3 is 2.48 bits per heavy atom. The maximum atomic E-state index is 12.5. The van der Waals surface area contributed by atoms with Crippen LogP contribution in [0, 0.1) is 6.92 Å². The monoisotopic (exact) mass is 367 g/mol. The van der Waals surface area contributed by atoms with Gasteiger partial charge in [-0.1, -0.05) is 41.4 Å². The van der Waals surface area contributed by atoms with E-state index in [-0.39, 0.29) is 21.4 Å². The lowest BCUT2D eigenvalue weighted by atomic mass is 10.1. The van der Waals surface area contributed by atoms with E-state index in [9.17, 15) is 14.8 Å². The van der Waals surface area contributed by atoms with Crippen molar-refractivity contribution in [3.63, 3.8) is 0 Å². The van der Waals surface area contributed by atoms with E-state index in [1.807, 2.05) is 0 Å². The molecule has 2 aromatic rings. The SMILES string of the molecule is Cc1c([P+]([O-])=C=C(Cl)c2ccccc2C(N)=O)ccc(Cl)c1O. The molecule has 0 fully saturated rings. The molecule has 0 aliphatic heterocycles. The standard InChI is InChI=1S/C16H12Cl2NO3P/c1-9-14(7-6-12(17)15(9)20)23(22)8-13(18)10-4-2-3-5-11(10)16(19)21/h2-7,20H,1H3,(H2,19,21). The van der Waals surface area contributed by atoms with Gasteiger partial charge >= 0.3 is 0 Å². The van der Waals surface area contributed by atoms with E-state index in [0.717, 1.165) is 0 Å². The van der Waals surface area contributed by atoms with Crippen LogP contribution in [0.5, 0.6) is 5.75 Å². The van der Waals surface area contributed by atoms with Crippen molar-refractivity contribution >= 4 is 52.7 Å². The van der Waals surface area contributed by atoms with E-state index in [1.54, 1.807) is 25.1 Å². The van der Waals surface area contributed by atoms with Gasteiger partial charge in [-0.2, -0.15) is 0 Å². The van der Waals surface area contributed by atoms with Gasteiger partial charge in [0.05, 0.1) is 5.02 Å². The largest absolute Gasteiger partial charge is 0.618 e. The summed E-state index contributed by atoms with van der Waals surface area (Å²) in [5, 5.41) is 10.4. The summed E-state index contributed by atoms with van der Waals surface area (Å²) < 4.78 is 0. The summed E-state index contributed by atoms with van der Waals surface area (Å²) in [5.74, 6) is -0.779. The van der Waals surface area contributed by atoms with Crippen molar-refractivity contribution < 1.29 is 14.8 Å². The zero-order valence-corrected chi connectivity index (χ0v) is 14.4. The van der Waals surface area contributed by atoms with Gasteiger partial charge in [0.1, 0.15) is 24.0 Å². The molecule has 0 heterocycles. The second kappa shape index (κ2) is 7.18. The Hall–Kier alpha value is -1.80. The minimum Gasteiger partial charge on any atom is -0.618 e. The topological polar surface area (TPSA) is 86.4 Å². The van der Waals surface area contributed by atoms with Gasteiger partial charge in [0.25, 0.3) is 0 Å². The van der Waals surface area contributed by atoms with Crippen LogP contribution < -0.4 is 15.9 Å². The number of phenolic OH excluding ortho intramolecular Hbond substituents is 1. The molecule has 1 amide bonds. The average molecular weight is 368 g/mol. The molecule has 2 rings (SSSR count). The van der Waals surface area contributed by atoms with Crippen molar-refractivity contribution in [1.82, 2.24) is 0 Å². The Labute approximate surface area is 144 Å². The molecular weight excluding hydrogens is 356 g/mol. The van der Waals surface area contributed by atoms with Crippen molar-refractivity contribution in [1.29, 1.82) is 0 Å². The lowest BCUT2D eigenvalue weighted by Crippen LogP contribution is -2.13. The fourth-order valence-electron chi connectivity index (χ4n) is 1.98. The third-order valence-electron chi connectivity index (χ3n) is 3.20. The first-order valence-corrected chi connectivity index (χ1v) is 8.48. The molecule has 0 spiro atoms. The summed E-state index contributed by atoms with van der Waals surface area (Å²) in [5.41, 5.74) is 8.87. The molecule has 0 aliphatic rings. The number of nitrogens with two attached hydrogens (primary N) is 1. The number of primary amides is 1. The van der Waals surface area contributed by atoms with Crippen LogP contribution in [0.15, 0.2) is 36.4 Å². The number of hydrogen-bond acceptors (Lipinski definition) is 3. The van der Waals surface area contributed by atoms with Crippen LogP contribution in [0.2, 0.25) is 5.02 Å². The molecule has 23 heavy (non-hydrogen) atoms. The predicted molar refractivity (Wildman–Crippen MR) is 93.6 cm³/mol. The maximum absolute atomic E-state index is 12.5. The fraction of sp³-hybridized carbons (Fsp3) is 0.0625. The Morgan fingerprint density at radius 2 is 1.87 bits per heavy atom. The highest BCUT2D eigenvalue weighted by atomic mass is 35.5. The van der Waals surface area contributed by atoms with Crippen molar-refractivity contribution in [2.24, 2.45) is 5.73 Å². The van der Waals surface area contributed by atoms with Gasteiger partial charge in [0.2, 0.25) is 5.91 Å². The van der Waals surface area contributed by atoms with Gasteiger partial charge < -0.3 is 15.7 Å². The Balaban J connectivity index is 2.62. The Morgan fingerprint density at radius 1 is 1.26 bits per heavy atom. The summed E-state index contributed by atoms with van der Waals surface area (Å²) >= 11 is 11.9. The summed E-state index contributed by atoms with van der Waals surface area (Å²) in [6, 6.07) is 9.42. The summed E-state index contributed by atoms with van der Waals surface area (Å²) in [6.07, 6.45) is 0. The first-order valence-electron chi connectivity index (χ1n) is 6.46.